The molecule has 2 aromatic carbocycles. The highest BCUT2D eigenvalue weighted by atomic mass is 16.5. The SMILES string of the molecule is CCCCOc1ccc(NC(=O)[C@]23CCC(=O)N2c2ccccc2C(=O)N3)cc1. The third-order valence-corrected chi connectivity index (χ3v) is 5.30. The lowest BCUT2D eigenvalue weighted by molar-refractivity contribution is -0.124. The predicted molar refractivity (Wildman–Crippen MR) is 109 cm³/mol. The first kappa shape index (κ1) is 19.0. The van der Waals surface area contributed by atoms with Crippen molar-refractivity contribution in [2.45, 2.75) is 38.3 Å². The molecule has 2 aromatic rings. The molecule has 7 heteroatoms. The number of amides is 3. The number of hydrogen-bond acceptors (Lipinski definition) is 4. The second kappa shape index (κ2) is 7.58. The Hall–Kier alpha value is -3.35. The normalized spacial score (nSPS) is 20.0. The van der Waals surface area contributed by atoms with Gasteiger partial charge in [-0.05, 0) is 42.8 Å². The molecule has 7 nitrogen and oxygen atoms in total. The Balaban J connectivity index is 1.56. The summed E-state index contributed by atoms with van der Waals surface area (Å²) in [5.74, 6) is -0.258. The number of nitrogens with zero attached hydrogens (tertiary/aromatic N) is 1. The molecule has 1 saturated heterocycles. The van der Waals surface area contributed by atoms with E-state index >= 15 is 0 Å². The van der Waals surface area contributed by atoms with Crippen LogP contribution in [-0.4, -0.2) is 30.0 Å². The Morgan fingerprint density at radius 1 is 1.17 bits per heavy atom. The first-order valence-corrected chi connectivity index (χ1v) is 9.84. The van der Waals surface area contributed by atoms with Crippen molar-refractivity contribution < 1.29 is 19.1 Å². The Bertz CT molecular complexity index is 957. The lowest BCUT2D eigenvalue weighted by Crippen LogP contribution is -2.68. The van der Waals surface area contributed by atoms with Gasteiger partial charge in [0.25, 0.3) is 11.8 Å². The molecule has 0 bridgehead atoms. The second-order valence-corrected chi connectivity index (χ2v) is 7.24. The highest BCUT2D eigenvalue weighted by Crippen LogP contribution is 2.39. The molecular weight excluding hydrogens is 370 g/mol. The molecular formula is C22H23N3O4. The average Bonchev–Trinajstić information content (AvgIpc) is 3.07. The van der Waals surface area contributed by atoms with Crippen LogP contribution < -0.4 is 20.3 Å². The summed E-state index contributed by atoms with van der Waals surface area (Å²) in [6.45, 7) is 2.74. The maximum atomic E-state index is 13.2. The monoisotopic (exact) mass is 393 g/mol. The summed E-state index contributed by atoms with van der Waals surface area (Å²) in [6, 6.07) is 13.9. The molecule has 2 aliphatic heterocycles. The maximum absolute atomic E-state index is 13.2. The molecule has 0 radical (unpaired) electrons. The zero-order valence-corrected chi connectivity index (χ0v) is 16.2. The fourth-order valence-electron chi connectivity index (χ4n) is 3.77. The van der Waals surface area contributed by atoms with E-state index in [-0.39, 0.29) is 24.7 Å². The van der Waals surface area contributed by atoms with Gasteiger partial charge in [0.1, 0.15) is 5.75 Å². The molecule has 0 aliphatic carbocycles. The molecule has 29 heavy (non-hydrogen) atoms. The van der Waals surface area contributed by atoms with Crippen LogP contribution in [0.25, 0.3) is 0 Å². The van der Waals surface area contributed by atoms with Crippen LogP contribution in [0.4, 0.5) is 11.4 Å². The molecule has 4 rings (SSSR count). The molecule has 1 atom stereocenters. The van der Waals surface area contributed by atoms with Gasteiger partial charge in [0, 0.05) is 18.5 Å². The zero-order chi connectivity index (χ0) is 20.4. The molecule has 2 heterocycles. The van der Waals surface area contributed by atoms with Crippen LogP contribution in [0.15, 0.2) is 48.5 Å². The number of anilines is 2. The minimum absolute atomic E-state index is 0.187. The third kappa shape index (κ3) is 3.33. The summed E-state index contributed by atoms with van der Waals surface area (Å²) in [5.41, 5.74) is 0.00619. The molecule has 150 valence electrons. The standard InChI is InChI=1S/C22H23N3O4/c1-2-3-14-29-16-10-8-15(9-11-16)23-21(28)22-13-12-19(26)25(22)18-7-5-4-6-17(18)20(27)24-22/h4-11H,2-3,12-14H2,1H3,(H,23,28)(H,24,27)/t22-/m0/s1. The fourth-order valence-corrected chi connectivity index (χ4v) is 3.77. The van der Waals surface area contributed by atoms with E-state index in [1.54, 1.807) is 48.5 Å². The number of carbonyl (C=O) groups is 3. The lowest BCUT2D eigenvalue weighted by atomic mass is 9.98. The van der Waals surface area contributed by atoms with Crippen LogP contribution in [0.3, 0.4) is 0 Å². The number of hydrogen-bond donors (Lipinski definition) is 2. The Kier molecular flexibility index (Phi) is 4.96. The summed E-state index contributed by atoms with van der Waals surface area (Å²) in [7, 11) is 0. The summed E-state index contributed by atoms with van der Waals surface area (Å²) in [6.07, 6.45) is 2.44. The minimum atomic E-state index is -1.42. The van der Waals surface area contributed by atoms with E-state index in [4.69, 9.17) is 4.74 Å². The van der Waals surface area contributed by atoms with Crippen LogP contribution >= 0.6 is 0 Å². The van der Waals surface area contributed by atoms with Crippen molar-refractivity contribution in [2.24, 2.45) is 0 Å². The van der Waals surface area contributed by atoms with Crippen molar-refractivity contribution in [1.29, 1.82) is 0 Å². The van der Waals surface area contributed by atoms with Gasteiger partial charge in [-0.25, -0.2) is 0 Å². The van der Waals surface area contributed by atoms with E-state index in [2.05, 4.69) is 17.6 Å². The number of ether oxygens (including phenoxy) is 1. The molecule has 0 unspecified atom stereocenters. The second-order valence-electron chi connectivity index (χ2n) is 7.24. The Morgan fingerprint density at radius 2 is 1.93 bits per heavy atom. The van der Waals surface area contributed by atoms with Gasteiger partial charge in [0.05, 0.1) is 17.9 Å². The topological polar surface area (TPSA) is 87.7 Å². The van der Waals surface area contributed by atoms with Gasteiger partial charge in [-0.1, -0.05) is 25.5 Å². The summed E-state index contributed by atoms with van der Waals surface area (Å²) in [4.78, 5) is 39.8. The minimum Gasteiger partial charge on any atom is -0.494 e. The molecule has 0 saturated carbocycles. The largest absolute Gasteiger partial charge is 0.494 e. The van der Waals surface area contributed by atoms with Crippen LogP contribution in [0.1, 0.15) is 43.0 Å². The first-order chi connectivity index (χ1) is 14.0. The van der Waals surface area contributed by atoms with Crippen molar-refractivity contribution in [3.05, 3.63) is 54.1 Å². The van der Waals surface area contributed by atoms with Crippen LogP contribution in [0.5, 0.6) is 5.75 Å². The third-order valence-electron chi connectivity index (χ3n) is 5.30. The highest BCUT2D eigenvalue weighted by Gasteiger charge is 2.56. The predicted octanol–water partition coefficient (Wildman–Crippen LogP) is 3.07. The quantitative estimate of drug-likeness (QED) is 0.739. The van der Waals surface area contributed by atoms with Crippen LogP contribution in [0, 0.1) is 0 Å². The van der Waals surface area contributed by atoms with E-state index in [9.17, 15) is 14.4 Å². The van der Waals surface area contributed by atoms with Crippen molar-refractivity contribution in [3.8, 4) is 5.75 Å². The smallest absolute Gasteiger partial charge is 0.271 e. The number of unbranched alkanes of at least 4 members (excludes halogenated alkanes) is 1. The number of benzene rings is 2. The molecule has 2 aliphatic rings. The van der Waals surface area contributed by atoms with Gasteiger partial charge in [0.15, 0.2) is 0 Å². The van der Waals surface area contributed by atoms with Crippen molar-refractivity contribution in [1.82, 2.24) is 5.32 Å². The van der Waals surface area contributed by atoms with Gasteiger partial charge >= 0.3 is 0 Å². The van der Waals surface area contributed by atoms with Crippen LogP contribution in [-0.2, 0) is 9.59 Å². The fraction of sp³-hybridized carbons (Fsp3) is 0.318. The van der Waals surface area contributed by atoms with E-state index in [1.165, 1.54) is 4.90 Å². The van der Waals surface area contributed by atoms with E-state index in [0.29, 0.717) is 23.5 Å². The number of carbonyl (C=O) groups excluding carboxylic acids is 3. The van der Waals surface area contributed by atoms with Gasteiger partial charge in [-0.3, -0.25) is 19.3 Å². The summed E-state index contributed by atoms with van der Waals surface area (Å²) >= 11 is 0. The number of fused-ring (bicyclic) bond motifs is 3. The highest BCUT2D eigenvalue weighted by molar-refractivity contribution is 6.18. The van der Waals surface area contributed by atoms with E-state index in [1.807, 2.05) is 0 Å². The maximum Gasteiger partial charge on any atom is 0.271 e. The van der Waals surface area contributed by atoms with E-state index in [0.717, 1.165) is 18.6 Å². The van der Waals surface area contributed by atoms with E-state index < -0.39 is 11.6 Å². The zero-order valence-electron chi connectivity index (χ0n) is 16.2. The molecule has 0 spiro atoms. The van der Waals surface area contributed by atoms with Gasteiger partial charge in [-0.2, -0.15) is 0 Å². The van der Waals surface area contributed by atoms with Crippen molar-refractivity contribution in [3.63, 3.8) is 0 Å². The van der Waals surface area contributed by atoms with Gasteiger partial charge in [-0.15, -0.1) is 0 Å². The van der Waals surface area contributed by atoms with Crippen molar-refractivity contribution in [2.75, 3.05) is 16.8 Å². The van der Waals surface area contributed by atoms with Crippen LogP contribution in [0.2, 0.25) is 0 Å². The Morgan fingerprint density at radius 3 is 2.69 bits per heavy atom. The van der Waals surface area contributed by atoms with Gasteiger partial charge < -0.3 is 15.4 Å². The van der Waals surface area contributed by atoms with Crippen molar-refractivity contribution >= 4 is 29.1 Å². The molecule has 3 amide bonds. The number of para-hydroxylation sites is 1. The number of nitrogens with one attached hydrogen (secondary N) is 2. The summed E-state index contributed by atoms with van der Waals surface area (Å²) < 4.78 is 5.64. The lowest BCUT2D eigenvalue weighted by Gasteiger charge is -2.41. The molecule has 1 fully saturated rings. The molecule has 0 aromatic heterocycles. The first-order valence-electron chi connectivity index (χ1n) is 9.84. The Labute approximate surface area is 169 Å². The summed E-state index contributed by atoms with van der Waals surface area (Å²) in [5, 5.41) is 5.61. The molecule has 2 N–H and O–H groups in total. The number of rotatable bonds is 6. The average molecular weight is 393 g/mol. The van der Waals surface area contributed by atoms with Gasteiger partial charge in [0.2, 0.25) is 11.6 Å².